The lowest BCUT2D eigenvalue weighted by Gasteiger charge is -2.60. The third-order valence-corrected chi connectivity index (χ3v) is 15.1. The summed E-state index contributed by atoms with van der Waals surface area (Å²) in [5.41, 5.74) is 0.510. The Hall–Kier alpha value is -0.153. The zero-order valence-corrected chi connectivity index (χ0v) is 20.6. The number of hydrogen-bond acceptors (Lipinski definition) is 2. The Bertz CT molecular complexity index is 635. The maximum Gasteiger partial charge on any atom is 0.192 e. The molecule has 3 heteroatoms. The van der Waals surface area contributed by atoms with E-state index in [0.717, 1.165) is 30.6 Å². The topological polar surface area (TPSA) is 26.3 Å². The molecule has 0 bridgehead atoms. The van der Waals surface area contributed by atoms with Gasteiger partial charge in [-0.1, -0.05) is 34.6 Å². The van der Waals surface area contributed by atoms with Gasteiger partial charge in [0.05, 0.1) is 0 Å². The molecule has 4 fully saturated rings. The van der Waals surface area contributed by atoms with Crippen LogP contribution in [0.5, 0.6) is 0 Å². The Morgan fingerprint density at radius 3 is 2.36 bits per heavy atom. The van der Waals surface area contributed by atoms with E-state index >= 15 is 0 Å². The lowest BCUT2D eigenvalue weighted by atomic mass is 9.45. The molecule has 2 nitrogen and oxygen atoms in total. The average Bonchev–Trinajstić information content (AvgIpc) is 2.89. The minimum Gasteiger partial charge on any atom is -0.414 e. The van der Waals surface area contributed by atoms with Crippen molar-refractivity contribution < 1.29 is 9.22 Å². The number of carbonyl (C=O) groups excluding carboxylic acids is 1. The molecular formula is C25H44O2Si. The Balaban J connectivity index is 1.48. The van der Waals surface area contributed by atoms with Crippen molar-refractivity contribution >= 4 is 14.1 Å². The summed E-state index contributed by atoms with van der Waals surface area (Å²) in [4.78, 5) is 12.6. The van der Waals surface area contributed by atoms with Crippen LogP contribution in [0.1, 0.15) is 92.4 Å². The summed E-state index contributed by atoms with van der Waals surface area (Å²) >= 11 is 0. The largest absolute Gasteiger partial charge is 0.414 e. The highest BCUT2D eigenvalue weighted by atomic mass is 28.4. The van der Waals surface area contributed by atoms with Gasteiger partial charge in [0.2, 0.25) is 0 Å². The third kappa shape index (κ3) is 3.09. The smallest absolute Gasteiger partial charge is 0.192 e. The molecule has 4 rings (SSSR count). The minimum atomic E-state index is -1.68. The fourth-order valence-corrected chi connectivity index (χ4v) is 9.09. The molecule has 0 saturated heterocycles. The summed E-state index contributed by atoms with van der Waals surface area (Å²) in [6.45, 7) is 16.8. The summed E-state index contributed by atoms with van der Waals surface area (Å²) in [5, 5.41) is 0.300. The Kier molecular flexibility index (Phi) is 5.03. The second kappa shape index (κ2) is 6.67. The molecule has 4 saturated carbocycles. The zero-order chi connectivity index (χ0) is 20.5. The first-order valence-electron chi connectivity index (χ1n) is 12.1. The molecular weight excluding hydrogens is 360 g/mol. The Morgan fingerprint density at radius 1 is 0.964 bits per heavy atom. The summed E-state index contributed by atoms with van der Waals surface area (Å²) in [5.74, 6) is 3.75. The summed E-state index contributed by atoms with van der Waals surface area (Å²) in [6.07, 6.45) is 11.6. The normalized spacial score (nSPS) is 46.7. The van der Waals surface area contributed by atoms with Gasteiger partial charge < -0.3 is 4.43 Å². The van der Waals surface area contributed by atoms with Crippen LogP contribution in [0.2, 0.25) is 18.1 Å². The third-order valence-electron chi connectivity index (χ3n) is 10.6. The lowest BCUT2D eigenvalue weighted by Crippen LogP contribution is -2.55. The van der Waals surface area contributed by atoms with Crippen molar-refractivity contribution in [1.82, 2.24) is 0 Å². The van der Waals surface area contributed by atoms with Crippen LogP contribution in [0.25, 0.3) is 0 Å². The highest BCUT2D eigenvalue weighted by molar-refractivity contribution is 6.74. The van der Waals surface area contributed by atoms with Crippen LogP contribution in [0, 0.1) is 34.5 Å². The molecule has 7 atom stereocenters. The summed E-state index contributed by atoms with van der Waals surface area (Å²) < 4.78 is 6.87. The van der Waals surface area contributed by atoms with Crippen LogP contribution in [-0.4, -0.2) is 20.2 Å². The number of rotatable bonds is 2. The van der Waals surface area contributed by atoms with Gasteiger partial charge in [0, 0.05) is 17.9 Å². The second-order valence-corrected chi connectivity index (χ2v) is 17.6. The fourth-order valence-electron chi connectivity index (χ4n) is 7.69. The molecule has 28 heavy (non-hydrogen) atoms. The quantitative estimate of drug-likeness (QED) is 0.464. The first-order valence-corrected chi connectivity index (χ1v) is 15.0. The van der Waals surface area contributed by atoms with Gasteiger partial charge in [-0.2, -0.15) is 0 Å². The van der Waals surface area contributed by atoms with Gasteiger partial charge in [-0.05, 0) is 98.6 Å². The zero-order valence-electron chi connectivity index (χ0n) is 19.6. The second-order valence-electron chi connectivity index (χ2n) is 12.8. The van der Waals surface area contributed by atoms with Crippen molar-refractivity contribution in [3.63, 3.8) is 0 Å². The maximum atomic E-state index is 12.6. The van der Waals surface area contributed by atoms with Gasteiger partial charge in [-0.15, -0.1) is 0 Å². The molecule has 0 heterocycles. The lowest BCUT2D eigenvalue weighted by molar-refractivity contribution is -0.141. The molecule has 0 amide bonds. The predicted molar refractivity (Wildman–Crippen MR) is 119 cm³/mol. The van der Waals surface area contributed by atoms with Crippen LogP contribution in [-0.2, 0) is 9.22 Å². The standard InChI is InChI=1S/C25H44O2Si/c1-23(2,3)28(6,7)27-18-12-14-24(4)17(16-18)8-9-19-20-10-11-22(26)25(20,5)15-13-21(19)24/h17-21H,8-16H2,1-7H3/t17-,18+,19-,20-,21-,24-,25-/m0/s1. The van der Waals surface area contributed by atoms with Crippen molar-refractivity contribution in [2.45, 2.75) is 117 Å². The van der Waals surface area contributed by atoms with E-state index in [2.05, 4.69) is 47.7 Å². The van der Waals surface area contributed by atoms with Gasteiger partial charge in [0.25, 0.3) is 0 Å². The van der Waals surface area contributed by atoms with Gasteiger partial charge in [-0.25, -0.2) is 0 Å². The van der Waals surface area contributed by atoms with E-state index in [1.165, 1.54) is 44.9 Å². The molecule has 160 valence electrons. The summed E-state index contributed by atoms with van der Waals surface area (Å²) in [6, 6.07) is 0. The molecule has 0 spiro atoms. The van der Waals surface area contributed by atoms with Gasteiger partial charge in [0.15, 0.2) is 8.32 Å². The van der Waals surface area contributed by atoms with Crippen molar-refractivity contribution in [1.29, 1.82) is 0 Å². The van der Waals surface area contributed by atoms with E-state index < -0.39 is 8.32 Å². The number of fused-ring (bicyclic) bond motifs is 5. The van der Waals surface area contributed by atoms with Crippen molar-refractivity contribution in [3.05, 3.63) is 0 Å². The van der Waals surface area contributed by atoms with E-state index in [0.29, 0.717) is 28.3 Å². The first kappa shape index (κ1) is 21.1. The Morgan fingerprint density at radius 2 is 1.68 bits per heavy atom. The molecule has 0 aromatic heterocycles. The van der Waals surface area contributed by atoms with Gasteiger partial charge in [0.1, 0.15) is 5.78 Å². The fraction of sp³-hybridized carbons (Fsp3) is 0.960. The number of carbonyl (C=O) groups is 1. The molecule has 0 radical (unpaired) electrons. The van der Waals surface area contributed by atoms with Crippen LogP contribution in [0.4, 0.5) is 0 Å². The van der Waals surface area contributed by atoms with E-state index in [4.69, 9.17) is 4.43 Å². The van der Waals surface area contributed by atoms with E-state index in [-0.39, 0.29) is 5.41 Å². The molecule has 0 unspecified atom stereocenters. The van der Waals surface area contributed by atoms with E-state index in [1.807, 2.05) is 0 Å². The number of ketones is 1. The number of hydrogen-bond donors (Lipinski definition) is 0. The van der Waals surface area contributed by atoms with Gasteiger partial charge >= 0.3 is 0 Å². The monoisotopic (exact) mass is 404 g/mol. The molecule has 4 aliphatic carbocycles. The van der Waals surface area contributed by atoms with Crippen molar-refractivity contribution in [2.75, 3.05) is 0 Å². The maximum absolute atomic E-state index is 12.6. The molecule has 0 aromatic rings. The van der Waals surface area contributed by atoms with Crippen LogP contribution >= 0.6 is 0 Å². The molecule has 0 aromatic carbocycles. The predicted octanol–water partition coefficient (Wildman–Crippen LogP) is 6.99. The van der Waals surface area contributed by atoms with Crippen molar-refractivity contribution in [2.24, 2.45) is 34.5 Å². The highest BCUT2D eigenvalue weighted by Gasteiger charge is 2.60. The summed E-state index contributed by atoms with van der Waals surface area (Å²) in [7, 11) is -1.68. The van der Waals surface area contributed by atoms with Crippen LogP contribution < -0.4 is 0 Å². The van der Waals surface area contributed by atoms with Crippen LogP contribution in [0.15, 0.2) is 0 Å². The minimum absolute atomic E-state index is 0.0208. The highest BCUT2D eigenvalue weighted by Crippen LogP contribution is 2.65. The average molecular weight is 405 g/mol. The van der Waals surface area contributed by atoms with E-state index in [9.17, 15) is 4.79 Å². The number of Topliss-reactive ketones (excluding diaryl/α,β-unsaturated/α-hetero) is 1. The van der Waals surface area contributed by atoms with Crippen LogP contribution in [0.3, 0.4) is 0 Å². The van der Waals surface area contributed by atoms with E-state index in [1.54, 1.807) is 0 Å². The molecule has 4 aliphatic rings. The Labute approximate surface area is 174 Å². The first-order chi connectivity index (χ1) is 12.9. The van der Waals surface area contributed by atoms with Gasteiger partial charge in [-0.3, -0.25) is 4.79 Å². The molecule has 0 aliphatic heterocycles. The SMILES string of the molecule is CC(C)(C)[Si](C)(C)O[C@@H]1CC[C@@]2(C)[C@@H](CC[C@@H]3[C@@H]2CC[C@]2(C)C(=O)CC[C@@H]32)C1. The molecule has 0 N–H and O–H groups in total. The van der Waals surface area contributed by atoms with Crippen molar-refractivity contribution in [3.8, 4) is 0 Å².